The van der Waals surface area contributed by atoms with E-state index in [9.17, 15) is 14.3 Å². The summed E-state index contributed by atoms with van der Waals surface area (Å²) in [6, 6.07) is 0. The molecule has 0 aliphatic carbocycles. The lowest BCUT2D eigenvalue weighted by molar-refractivity contribution is -0.870. The quantitative estimate of drug-likeness (QED) is 0.0214. The molecule has 1 N–H and O–H groups in total. The number of ether oxygens (including phenoxy) is 2. The Morgan fingerprint density at radius 3 is 1.33 bits per heavy atom. The molecule has 0 aromatic rings. The Balaban J connectivity index is 4.18. The fourth-order valence-electron chi connectivity index (χ4n) is 7.00. The predicted octanol–water partition coefficient (Wildman–Crippen LogP) is 16.1. The zero-order chi connectivity index (χ0) is 46.2. The summed E-state index contributed by atoms with van der Waals surface area (Å²) < 4.78 is 35.2. The van der Waals surface area contributed by atoms with Gasteiger partial charge in [-0.2, -0.15) is 0 Å². The number of phosphoric acid groups is 1. The van der Waals surface area contributed by atoms with E-state index in [1.807, 2.05) is 21.1 Å². The molecule has 0 rings (SSSR count). The normalized spacial score (nSPS) is 14.1. The van der Waals surface area contributed by atoms with E-state index in [1.165, 1.54) is 141 Å². The SMILES string of the molecule is CCCCC/C=C\C/C=C\C/C=C\CCCCCCCCCOCC(COP(=O)(O)OCC[N+](C)(C)C)OC(=O)CCCCCCCCCCC/C=C\C/C=C\CCCCCCC. The maximum Gasteiger partial charge on any atom is 0.472 e. The molecule has 0 heterocycles. The highest BCUT2D eigenvalue weighted by atomic mass is 31.2. The van der Waals surface area contributed by atoms with Gasteiger partial charge >= 0.3 is 13.8 Å². The number of nitrogens with zero attached hydrogens (tertiary/aromatic N) is 1. The van der Waals surface area contributed by atoms with Crippen LogP contribution in [-0.4, -0.2) is 75.6 Å². The van der Waals surface area contributed by atoms with Gasteiger partial charge in [-0.3, -0.25) is 13.8 Å². The summed E-state index contributed by atoms with van der Waals surface area (Å²) in [6.07, 6.45) is 59.7. The summed E-state index contributed by atoms with van der Waals surface area (Å²) in [5.74, 6) is -0.322. The fourth-order valence-corrected chi connectivity index (χ4v) is 7.74. The van der Waals surface area contributed by atoms with Gasteiger partial charge in [0.05, 0.1) is 34.4 Å². The number of unbranched alkanes of at least 4 members (excludes halogenated alkanes) is 24. The molecule has 0 amide bonds. The molecule has 8 nitrogen and oxygen atoms in total. The van der Waals surface area contributed by atoms with Crippen LogP contribution >= 0.6 is 7.82 Å². The van der Waals surface area contributed by atoms with Crippen LogP contribution < -0.4 is 0 Å². The lowest BCUT2D eigenvalue weighted by atomic mass is 10.1. The molecule has 0 saturated carbocycles. The molecule has 63 heavy (non-hydrogen) atoms. The summed E-state index contributed by atoms with van der Waals surface area (Å²) in [5, 5.41) is 0. The highest BCUT2D eigenvalue weighted by Gasteiger charge is 2.26. The Bertz CT molecular complexity index is 1190. The van der Waals surface area contributed by atoms with Crippen molar-refractivity contribution < 1.29 is 37.3 Å². The zero-order valence-corrected chi connectivity index (χ0v) is 42.7. The van der Waals surface area contributed by atoms with Crippen LogP contribution in [0.15, 0.2) is 60.8 Å². The monoisotopic (exact) mass is 907 g/mol. The minimum absolute atomic E-state index is 0.0834. The van der Waals surface area contributed by atoms with E-state index in [0.29, 0.717) is 24.1 Å². The number of esters is 1. The van der Waals surface area contributed by atoms with Crippen molar-refractivity contribution in [1.29, 1.82) is 0 Å². The number of carbonyl (C=O) groups is 1. The van der Waals surface area contributed by atoms with Gasteiger partial charge in [0.2, 0.25) is 0 Å². The molecule has 0 spiro atoms. The second-order valence-corrected chi connectivity index (χ2v) is 20.0. The van der Waals surface area contributed by atoms with Gasteiger partial charge in [-0.25, -0.2) is 4.57 Å². The van der Waals surface area contributed by atoms with Crippen LogP contribution in [0.1, 0.15) is 219 Å². The molecule has 9 heteroatoms. The lowest BCUT2D eigenvalue weighted by Crippen LogP contribution is -2.37. The van der Waals surface area contributed by atoms with Crippen molar-refractivity contribution >= 4 is 13.8 Å². The van der Waals surface area contributed by atoms with Crippen LogP contribution in [-0.2, 0) is 27.9 Å². The second kappa shape index (κ2) is 46.7. The topological polar surface area (TPSA) is 91.3 Å². The molecule has 0 fully saturated rings. The van der Waals surface area contributed by atoms with Crippen LogP contribution in [0.25, 0.3) is 0 Å². The molecule has 0 aliphatic heterocycles. The smallest absolute Gasteiger partial charge is 0.457 e. The minimum Gasteiger partial charge on any atom is -0.457 e. The number of hydrogen-bond donors (Lipinski definition) is 1. The first-order valence-corrected chi connectivity index (χ1v) is 27.5. The van der Waals surface area contributed by atoms with E-state index in [4.69, 9.17) is 18.5 Å². The van der Waals surface area contributed by atoms with Gasteiger partial charge in [-0.1, -0.05) is 190 Å². The van der Waals surface area contributed by atoms with E-state index in [-0.39, 0.29) is 25.8 Å². The average molecular weight is 907 g/mol. The van der Waals surface area contributed by atoms with Crippen molar-refractivity contribution in [3.05, 3.63) is 60.8 Å². The van der Waals surface area contributed by atoms with Crippen molar-refractivity contribution in [2.45, 2.75) is 225 Å². The highest BCUT2D eigenvalue weighted by Crippen LogP contribution is 2.43. The van der Waals surface area contributed by atoms with Crippen molar-refractivity contribution in [2.24, 2.45) is 0 Å². The number of allylic oxidation sites excluding steroid dienone is 10. The fraction of sp³-hybridized carbons (Fsp3) is 0.796. The van der Waals surface area contributed by atoms with E-state index in [0.717, 1.165) is 57.8 Å². The van der Waals surface area contributed by atoms with Crippen LogP contribution in [0, 0.1) is 0 Å². The van der Waals surface area contributed by atoms with E-state index in [2.05, 4.69) is 74.6 Å². The number of likely N-dealkylation sites (N-methyl/N-ethyl adjacent to an activating group) is 1. The van der Waals surface area contributed by atoms with Gasteiger partial charge in [0.25, 0.3) is 0 Å². The molecule has 0 aromatic carbocycles. The summed E-state index contributed by atoms with van der Waals surface area (Å²) >= 11 is 0. The Morgan fingerprint density at radius 1 is 0.492 bits per heavy atom. The first-order chi connectivity index (χ1) is 30.6. The van der Waals surface area contributed by atoms with E-state index in [1.54, 1.807) is 0 Å². The molecule has 2 unspecified atom stereocenters. The summed E-state index contributed by atoms with van der Waals surface area (Å²) in [7, 11) is 1.65. The number of quaternary nitrogens is 1. The Labute approximate surface area is 390 Å². The second-order valence-electron chi connectivity index (χ2n) is 18.5. The van der Waals surface area contributed by atoms with Gasteiger partial charge in [-0.15, -0.1) is 0 Å². The number of carbonyl (C=O) groups excluding carboxylic acids is 1. The summed E-state index contributed by atoms with van der Waals surface area (Å²) in [4.78, 5) is 23.0. The van der Waals surface area contributed by atoms with Crippen molar-refractivity contribution in [3.8, 4) is 0 Å². The molecule has 368 valence electrons. The van der Waals surface area contributed by atoms with E-state index < -0.39 is 13.9 Å². The molecule has 0 radical (unpaired) electrons. The number of rotatable bonds is 48. The zero-order valence-electron chi connectivity index (χ0n) is 41.8. The maximum absolute atomic E-state index is 12.8. The first-order valence-electron chi connectivity index (χ1n) is 26.0. The van der Waals surface area contributed by atoms with Crippen molar-refractivity contribution in [3.63, 3.8) is 0 Å². The first kappa shape index (κ1) is 61.2. The third-order valence-corrected chi connectivity index (χ3v) is 12.0. The third-order valence-electron chi connectivity index (χ3n) is 11.1. The van der Waals surface area contributed by atoms with Gasteiger partial charge in [0, 0.05) is 13.0 Å². The van der Waals surface area contributed by atoms with Gasteiger partial charge < -0.3 is 18.9 Å². The van der Waals surface area contributed by atoms with Crippen LogP contribution in [0.2, 0.25) is 0 Å². The summed E-state index contributed by atoms with van der Waals surface area (Å²) in [6.45, 7) is 5.57. The molecule has 0 saturated heterocycles. The Kier molecular flexibility index (Phi) is 45.4. The van der Waals surface area contributed by atoms with Crippen LogP contribution in [0.3, 0.4) is 0 Å². The molecule has 2 atom stereocenters. The van der Waals surface area contributed by atoms with Crippen molar-refractivity contribution in [2.75, 3.05) is 54.1 Å². The van der Waals surface area contributed by atoms with Gasteiger partial charge in [-0.05, 0) is 83.5 Å². The third kappa shape index (κ3) is 51.1. The predicted molar refractivity (Wildman–Crippen MR) is 270 cm³/mol. The van der Waals surface area contributed by atoms with Crippen molar-refractivity contribution in [1.82, 2.24) is 0 Å². The average Bonchev–Trinajstić information content (AvgIpc) is 3.24. The largest absolute Gasteiger partial charge is 0.472 e. The molecular formula is C54H101NO7P+. The van der Waals surface area contributed by atoms with E-state index >= 15 is 0 Å². The van der Waals surface area contributed by atoms with Gasteiger partial charge in [0.1, 0.15) is 19.3 Å². The van der Waals surface area contributed by atoms with Gasteiger partial charge in [0.15, 0.2) is 0 Å². The number of hydrogen-bond acceptors (Lipinski definition) is 6. The molecule has 0 aliphatic rings. The minimum atomic E-state index is -4.29. The molecular weight excluding hydrogens is 806 g/mol. The maximum atomic E-state index is 12.8. The molecule has 0 bridgehead atoms. The lowest BCUT2D eigenvalue weighted by Gasteiger charge is -2.24. The Hall–Kier alpha value is -1.80. The Morgan fingerprint density at radius 2 is 0.873 bits per heavy atom. The number of phosphoric ester groups is 1. The van der Waals surface area contributed by atoms with Crippen LogP contribution in [0.5, 0.6) is 0 Å². The highest BCUT2D eigenvalue weighted by molar-refractivity contribution is 7.47. The molecule has 0 aromatic heterocycles. The van der Waals surface area contributed by atoms with Crippen LogP contribution in [0.4, 0.5) is 0 Å². The standard InChI is InChI=1S/C54H100NO7P/c1-6-8-10-12-14-16-18-20-22-24-26-28-29-31-33-35-37-39-41-43-45-47-54(56)62-53(52-61-63(57,58)60-50-48-55(3,4)5)51-59-49-46-44-42-40-38-36-34-32-30-27-25-23-21-19-17-15-13-11-9-7-2/h15,17-18,20-21,23-24,26-27,30,53H,6-14,16,19,22,25,28-29,31-52H2,1-5H3/p+1/b17-15-,20-18-,23-21-,26-24-,30-27-. The summed E-state index contributed by atoms with van der Waals surface area (Å²) in [5.41, 5.74) is 0.